The normalized spacial score (nSPS) is 28.2. The predicted octanol–water partition coefficient (Wildman–Crippen LogP) is 4.67. The van der Waals surface area contributed by atoms with Gasteiger partial charge in [0.1, 0.15) is 23.9 Å². The Kier molecular flexibility index (Phi) is 6.83. The average molecular weight is 477 g/mol. The number of benzene rings is 2. The summed E-state index contributed by atoms with van der Waals surface area (Å²) in [4.78, 5) is 27.3. The number of aliphatic hydroxyl groups is 2. The van der Waals surface area contributed by atoms with Crippen LogP contribution < -0.4 is 4.74 Å². The van der Waals surface area contributed by atoms with Gasteiger partial charge in [-0.05, 0) is 40.5 Å². The van der Waals surface area contributed by atoms with Gasteiger partial charge in [-0.15, -0.1) is 6.42 Å². The fourth-order valence-corrected chi connectivity index (χ4v) is 6.47. The van der Waals surface area contributed by atoms with Crippen LogP contribution >= 0.6 is 0 Å². The Balaban J connectivity index is 1.96. The summed E-state index contributed by atoms with van der Waals surface area (Å²) < 4.78 is 5.96. The number of carbonyl (C=O) groups excluding carboxylic acids is 2. The maximum absolute atomic E-state index is 13.7. The molecular weight excluding hydrogens is 440 g/mol. The van der Waals surface area contributed by atoms with Crippen LogP contribution in [0, 0.1) is 35.0 Å². The van der Waals surface area contributed by atoms with E-state index in [9.17, 15) is 19.8 Å². The summed E-state index contributed by atoms with van der Waals surface area (Å²) in [5, 5.41) is 24.5. The summed E-state index contributed by atoms with van der Waals surface area (Å²) in [6, 6.07) is 11.5. The third kappa shape index (κ3) is 5.01. The molecule has 2 aliphatic rings. The molecular formula is C30H36O5. The molecule has 2 saturated carbocycles. The Labute approximate surface area is 207 Å². The van der Waals surface area contributed by atoms with Gasteiger partial charge in [0.25, 0.3) is 0 Å². The highest BCUT2D eigenvalue weighted by molar-refractivity contribution is 5.93. The first-order chi connectivity index (χ1) is 16.4. The third-order valence-corrected chi connectivity index (χ3v) is 7.75. The maximum Gasteiger partial charge on any atom is 0.148 e. The van der Waals surface area contributed by atoms with Crippen molar-refractivity contribution in [1.82, 2.24) is 0 Å². The number of hydrogen-bond acceptors (Lipinski definition) is 5. The number of Topliss-reactive ketones (excluding diaryl/α,β-unsaturated/α-hetero) is 2. The van der Waals surface area contributed by atoms with Gasteiger partial charge in [0, 0.05) is 24.3 Å². The van der Waals surface area contributed by atoms with Gasteiger partial charge in [0.15, 0.2) is 0 Å². The highest BCUT2D eigenvalue weighted by atomic mass is 16.5. The van der Waals surface area contributed by atoms with Crippen molar-refractivity contribution in [2.75, 3.05) is 6.61 Å². The monoisotopic (exact) mass is 476 g/mol. The lowest BCUT2D eigenvalue weighted by molar-refractivity contribution is -0.144. The number of carbonyl (C=O) groups is 2. The summed E-state index contributed by atoms with van der Waals surface area (Å²) >= 11 is 0. The lowest BCUT2D eigenvalue weighted by Crippen LogP contribution is -2.51. The van der Waals surface area contributed by atoms with Crippen molar-refractivity contribution in [2.45, 2.75) is 71.5 Å². The number of fused-ring (bicyclic) bond motifs is 1. The van der Waals surface area contributed by atoms with E-state index in [2.05, 4.69) is 5.92 Å². The summed E-state index contributed by atoms with van der Waals surface area (Å²) in [5.74, 6) is 0.426. The molecule has 0 radical (unpaired) electrons. The van der Waals surface area contributed by atoms with E-state index in [1.165, 1.54) is 0 Å². The molecule has 2 N–H and O–H groups in total. The van der Waals surface area contributed by atoms with Crippen molar-refractivity contribution in [3.8, 4) is 18.1 Å². The zero-order valence-corrected chi connectivity index (χ0v) is 21.1. The second-order valence-electron chi connectivity index (χ2n) is 11.9. The van der Waals surface area contributed by atoms with E-state index in [1.807, 2.05) is 64.1 Å². The molecule has 0 bridgehead atoms. The molecule has 4 rings (SSSR count). The Hall–Kier alpha value is -2.68. The summed E-state index contributed by atoms with van der Waals surface area (Å²) in [5.41, 5.74) is -0.000367. The Morgan fingerprint density at radius 2 is 1.49 bits per heavy atom. The maximum atomic E-state index is 13.7. The van der Waals surface area contributed by atoms with Crippen LogP contribution in [0.2, 0.25) is 0 Å². The van der Waals surface area contributed by atoms with E-state index in [-0.39, 0.29) is 29.0 Å². The number of aliphatic hydroxyl groups excluding tert-OH is 2. The molecule has 2 fully saturated rings. The van der Waals surface area contributed by atoms with Crippen LogP contribution in [0.15, 0.2) is 36.4 Å². The average Bonchev–Trinajstić information content (AvgIpc) is 2.73. The third-order valence-electron chi connectivity index (χ3n) is 7.75. The van der Waals surface area contributed by atoms with E-state index in [1.54, 1.807) is 0 Å². The van der Waals surface area contributed by atoms with Gasteiger partial charge in [-0.25, -0.2) is 0 Å². The number of rotatable bonds is 5. The van der Waals surface area contributed by atoms with E-state index in [0.717, 1.165) is 10.8 Å². The van der Waals surface area contributed by atoms with E-state index in [4.69, 9.17) is 11.2 Å². The van der Waals surface area contributed by atoms with Gasteiger partial charge in [0.2, 0.25) is 0 Å². The molecule has 0 unspecified atom stereocenters. The van der Waals surface area contributed by atoms with Gasteiger partial charge in [-0.2, -0.15) is 0 Å². The van der Waals surface area contributed by atoms with Crippen LogP contribution in [0.3, 0.4) is 0 Å². The van der Waals surface area contributed by atoms with Crippen molar-refractivity contribution in [1.29, 1.82) is 0 Å². The molecule has 5 nitrogen and oxygen atoms in total. The van der Waals surface area contributed by atoms with Crippen LogP contribution in [0.5, 0.6) is 5.75 Å². The van der Waals surface area contributed by atoms with Gasteiger partial charge in [-0.3, -0.25) is 9.59 Å². The number of ketones is 2. The van der Waals surface area contributed by atoms with E-state index < -0.39 is 30.0 Å². The zero-order chi connectivity index (χ0) is 25.5. The van der Waals surface area contributed by atoms with Gasteiger partial charge >= 0.3 is 0 Å². The van der Waals surface area contributed by atoms with E-state index >= 15 is 0 Å². The van der Waals surface area contributed by atoms with Crippen molar-refractivity contribution < 1.29 is 24.5 Å². The quantitative estimate of drug-likeness (QED) is 0.613. The van der Waals surface area contributed by atoms with Gasteiger partial charge in [0.05, 0.1) is 24.0 Å². The van der Waals surface area contributed by atoms with Crippen LogP contribution in [-0.4, -0.2) is 40.6 Å². The SMILES string of the molecule is C#CCOc1ccc2ccccc2c1C([C@@H]1C(=O)CC(C)(C)C[C@@H]1O)[C@@H]1C(=O)CC(C)(C)C[C@@H]1O. The molecule has 0 amide bonds. The second kappa shape index (κ2) is 9.41. The topological polar surface area (TPSA) is 83.8 Å². The number of ether oxygens (including phenoxy) is 1. The van der Waals surface area contributed by atoms with E-state index in [0.29, 0.717) is 37.0 Å². The summed E-state index contributed by atoms with van der Waals surface area (Å²) in [6.45, 7) is 7.92. The smallest absolute Gasteiger partial charge is 0.148 e. The molecule has 186 valence electrons. The lowest BCUT2D eigenvalue weighted by Gasteiger charge is -2.46. The first kappa shape index (κ1) is 25.4. The molecule has 0 heterocycles. The first-order valence-electron chi connectivity index (χ1n) is 12.4. The molecule has 0 saturated heterocycles. The van der Waals surface area contributed by atoms with Crippen molar-refractivity contribution in [3.05, 3.63) is 42.0 Å². The molecule has 2 aliphatic carbocycles. The summed E-state index contributed by atoms with van der Waals surface area (Å²) in [7, 11) is 0. The first-order valence-corrected chi connectivity index (χ1v) is 12.4. The molecule has 2 aromatic rings. The minimum absolute atomic E-state index is 0.0282. The van der Waals surface area contributed by atoms with Crippen LogP contribution in [0.25, 0.3) is 10.8 Å². The number of terminal acetylenes is 1. The molecule has 5 heteroatoms. The molecule has 2 aromatic carbocycles. The Morgan fingerprint density at radius 3 is 2.00 bits per heavy atom. The Bertz CT molecular complexity index is 1130. The van der Waals surface area contributed by atoms with Gasteiger partial charge < -0.3 is 14.9 Å². The highest BCUT2D eigenvalue weighted by Crippen LogP contribution is 2.52. The highest BCUT2D eigenvalue weighted by Gasteiger charge is 2.53. The fourth-order valence-electron chi connectivity index (χ4n) is 6.47. The molecule has 4 atom stereocenters. The second-order valence-corrected chi connectivity index (χ2v) is 11.9. The molecule has 0 spiro atoms. The molecule has 0 aromatic heterocycles. The lowest BCUT2D eigenvalue weighted by atomic mass is 9.58. The zero-order valence-electron chi connectivity index (χ0n) is 21.1. The summed E-state index contributed by atoms with van der Waals surface area (Å²) in [6.07, 6.45) is 5.09. The molecule has 0 aliphatic heterocycles. The fraction of sp³-hybridized carbons (Fsp3) is 0.533. The standard InChI is InChI=1S/C30H36O5/c1-6-13-35-24-12-11-18-9-7-8-10-19(18)25(24)28(26-20(31)14-29(2,3)15-21(26)32)27-22(33)16-30(4,5)17-23(27)34/h1,7-12,20,22,26-28,31,33H,13-17H2,2-5H3/t20-,22-,26-,27-/m0/s1. The largest absolute Gasteiger partial charge is 0.481 e. The van der Waals surface area contributed by atoms with Crippen LogP contribution in [0.4, 0.5) is 0 Å². The van der Waals surface area contributed by atoms with Crippen LogP contribution in [-0.2, 0) is 9.59 Å². The van der Waals surface area contributed by atoms with Crippen LogP contribution in [0.1, 0.15) is 64.9 Å². The van der Waals surface area contributed by atoms with Crippen molar-refractivity contribution in [2.24, 2.45) is 22.7 Å². The minimum atomic E-state index is -0.939. The minimum Gasteiger partial charge on any atom is -0.481 e. The Morgan fingerprint density at radius 1 is 0.943 bits per heavy atom. The number of hydrogen-bond donors (Lipinski definition) is 2. The molecule has 35 heavy (non-hydrogen) atoms. The van der Waals surface area contributed by atoms with Crippen molar-refractivity contribution >= 4 is 22.3 Å². The van der Waals surface area contributed by atoms with Crippen molar-refractivity contribution in [3.63, 3.8) is 0 Å². The van der Waals surface area contributed by atoms with Gasteiger partial charge in [-0.1, -0.05) is 63.9 Å². The predicted molar refractivity (Wildman–Crippen MR) is 136 cm³/mol.